The van der Waals surface area contributed by atoms with Gasteiger partial charge in [-0.1, -0.05) is 18.2 Å². The van der Waals surface area contributed by atoms with Crippen molar-refractivity contribution in [3.8, 4) is 0 Å². The molecule has 1 aliphatic rings. The zero-order chi connectivity index (χ0) is 25.3. The highest BCUT2D eigenvalue weighted by Crippen LogP contribution is 2.34. The van der Waals surface area contributed by atoms with Gasteiger partial charge in [0.15, 0.2) is 11.0 Å². The second-order valence-electron chi connectivity index (χ2n) is 8.87. The van der Waals surface area contributed by atoms with Crippen LogP contribution in [-0.2, 0) is 16.6 Å². The summed E-state index contributed by atoms with van der Waals surface area (Å²) in [7, 11) is -1.53. The number of nitrogens with one attached hydrogen (secondary N) is 1. The molecule has 5 rings (SSSR count). The highest BCUT2D eigenvalue weighted by atomic mass is 32.2. The van der Waals surface area contributed by atoms with Gasteiger partial charge in [0.1, 0.15) is 0 Å². The summed E-state index contributed by atoms with van der Waals surface area (Å²) in [6, 6.07) is 18.9. The van der Waals surface area contributed by atoms with Crippen molar-refractivity contribution in [3.05, 3.63) is 95.7 Å². The molecular formula is C27H25FN4O3S. The molecule has 3 heterocycles. The number of hydrogen-bond acceptors (Lipinski definition) is 5. The lowest BCUT2D eigenvalue weighted by Crippen LogP contribution is -2.45. The summed E-state index contributed by atoms with van der Waals surface area (Å²) in [6.45, 7) is 2.40. The van der Waals surface area contributed by atoms with Crippen LogP contribution in [0.1, 0.15) is 34.5 Å². The van der Waals surface area contributed by atoms with E-state index >= 15 is 0 Å². The molecule has 1 atom stereocenters. The van der Waals surface area contributed by atoms with Crippen molar-refractivity contribution in [3.63, 3.8) is 0 Å². The van der Waals surface area contributed by atoms with Crippen molar-refractivity contribution in [2.45, 2.75) is 30.3 Å². The molecule has 184 valence electrons. The molecule has 0 saturated carbocycles. The Labute approximate surface area is 210 Å². The third-order valence-electron chi connectivity index (χ3n) is 6.57. The minimum absolute atomic E-state index is 0.142. The topological polar surface area (TPSA) is 95.4 Å². The molecule has 0 bridgehead atoms. The lowest BCUT2D eigenvalue weighted by Gasteiger charge is -2.39. The number of aromatic nitrogens is 2. The van der Waals surface area contributed by atoms with Crippen molar-refractivity contribution >= 4 is 33.5 Å². The molecule has 2 aromatic carbocycles. The van der Waals surface area contributed by atoms with Crippen LogP contribution in [0, 0.1) is 12.9 Å². The third-order valence-corrected chi connectivity index (χ3v) is 7.72. The molecular weight excluding hydrogens is 479 g/mol. The van der Waals surface area contributed by atoms with Crippen LogP contribution in [-0.4, -0.2) is 43.2 Å². The van der Waals surface area contributed by atoms with E-state index in [0.29, 0.717) is 58.9 Å². The maximum absolute atomic E-state index is 13.4. The normalized spacial score (nSPS) is 16.0. The monoisotopic (exact) mass is 504 g/mol. The lowest BCUT2D eigenvalue weighted by molar-refractivity contribution is -0.0219. The Morgan fingerprint density at radius 3 is 2.50 bits per heavy atom. The molecule has 9 heteroatoms. The maximum atomic E-state index is 13.4. The van der Waals surface area contributed by atoms with Gasteiger partial charge in [0.25, 0.3) is 5.91 Å². The first-order valence-corrected chi connectivity index (χ1v) is 12.8. The molecule has 0 spiro atoms. The maximum Gasteiger partial charge on any atom is 0.253 e. The Bertz CT molecular complexity index is 1450. The Morgan fingerprint density at radius 2 is 1.78 bits per heavy atom. The van der Waals surface area contributed by atoms with Gasteiger partial charge in [-0.3, -0.25) is 9.78 Å². The number of rotatable bonds is 5. The highest BCUT2D eigenvalue weighted by Gasteiger charge is 2.37. The van der Waals surface area contributed by atoms with Gasteiger partial charge in [-0.2, -0.15) is 4.39 Å². The number of amides is 1. The van der Waals surface area contributed by atoms with Crippen LogP contribution >= 0.6 is 0 Å². The minimum atomic E-state index is -1.53. The standard InChI is InChI=1S/C27H25FN4O3S/c1-18-22(11-12-24(28)30-18)27(34)13-16-32(17-14-27)26(33)20-7-9-21(10-8-20)31-36(35)23-6-2-4-19-5-3-15-29-25(19)23/h2-12,15,31,34H,13-14,16-17H2,1H3. The van der Waals surface area contributed by atoms with Gasteiger partial charge >= 0.3 is 0 Å². The van der Waals surface area contributed by atoms with Gasteiger partial charge < -0.3 is 14.7 Å². The SMILES string of the molecule is Cc1nc(F)ccc1C1(O)CCN(C(=O)c2ccc(NS(=O)c3cccc4cccnc34)cc2)CC1. The fourth-order valence-electron chi connectivity index (χ4n) is 4.62. The zero-order valence-electron chi connectivity index (χ0n) is 19.6. The quantitative estimate of drug-likeness (QED) is 0.395. The molecule has 36 heavy (non-hydrogen) atoms. The van der Waals surface area contributed by atoms with E-state index in [1.807, 2.05) is 24.3 Å². The van der Waals surface area contributed by atoms with E-state index in [1.165, 1.54) is 6.07 Å². The van der Waals surface area contributed by atoms with Crippen LogP contribution in [0.4, 0.5) is 10.1 Å². The Kier molecular flexibility index (Phi) is 6.51. The number of pyridine rings is 2. The number of hydrogen-bond donors (Lipinski definition) is 2. The highest BCUT2D eigenvalue weighted by molar-refractivity contribution is 7.86. The third kappa shape index (κ3) is 4.72. The van der Waals surface area contributed by atoms with Crippen LogP contribution in [0.25, 0.3) is 10.9 Å². The van der Waals surface area contributed by atoms with E-state index in [-0.39, 0.29) is 5.91 Å². The average molecular weight is 505 g/mol. The summed E-state index contributed by atoms with van der Waals surface area (Å²) in [5.41, 5.74) is 1.70. The Balaban J connectivity index is 1.24. The first kappa shape index (κ1) is 24.0. The predicted molar refractivity (Wildman–Crippen MR) is 136 cm³/mol. The van der Waals surface area contributed by atoms with Crippen LogP contribution in [0.3, 0.4) is 0 Å². The lowest BCUT2D eigenvalue weighted by atomic mass is 9.83. The molecule has 1 fully saturated rings. The van der Waals surface area contributed by atoms with E-state index in [4.69, 9.17) is 0 Å². The first-order chi connectivity index (χ1) is 17.3. The molecule has 1 saturated heterocycles. The van der Waals surface area contributed by atoms with Gasteiger partial charge in [0.05, 0.1) is 16.0 Å². The second-order valence-corrected chi connectivity index (χ2v) is 10.1. The molecule has 0 radical (unpaired) electrons. The van der Waals surface area contributed by atoms with Gasteiger partial charge in [-0.25, -0.2) is 9.19 Å². The average Bonchev–Trinajstić information content (AvgIpc) is 2.88. The molecule has 7 nitrogen and oxygen atoms in total. The Morgan fingerprint density at radius 1 is 1.06 bits per heavy atom. The molecule has 2 aromatic heterocycles. The van der Waals surface area contributed by atoms with Gasteiger partial charge in [0, 0.05) is 47.2 Å². The van der Waals surface area contributed by atoms with Crippen molar-refractivity contribution in [2.75, 3.05) is 17.8 Å². The van der Waals surface area contributed by atoms with Crippen LogP contribution < -0.4 is 4.72 Å². The largest absolute Gasteiger partial charge is 0.385 e. The molecule has 0 aliphatic carbocycles. The number of piperidine rings is 1. The fraction of sp³-hybridized carbons (Fsp3) is 0.222. The summed E-state index contributed by atoms with van der Waals surface area (Å²) in [5, 5.41) is 12.0. The molecule has 1 amide bonds. The number of aliphatic hydroxyl groups is 1. The molecule has 4 aromatic rings. The van der Waals surface area contributed by atoms with E-state index in [0.717, 1.165) is 5.39 Å². The van der Waals surface area contributed by atoms with Crippen molar-refractivity contribution in [1.29, 1.82) is 0 Å². The van der Waals surface area contributed by atoms with Crippen molar-refractivity contribution in [1.82, 2.24) is 14.9 Å². The van der Waals surface area contributed by atoms with E-state index < -0.39 is 22.5 Å². The zero-order valence-corrected chi connectivity index (χ0v) is 20.5. The van der Waals surface area contributed by atoms with E-state index in [2.05, 4.69) is 14.7 Å². The number of para-hydroxylation sites is 1. The number of likely N-dealkylation sites (tertiary alicyclic amines) is 1. The number of aryl methyl sites for hydroxylation is 1. The summed E-state index contributed by atoms with van der Waals surface area (Å²) < 4.78 is 29.3. The molecule has 2 N–H and O–H groups in total. The number of halogens is 1. The number of nitrogens with zero attached hydrogens (tertiary/aromatic N) is 3. The van der Waals surface area contributed by atoms with Gasteiger partial charge in [-0.05, 0) is 68.3 Å². The van der Waals surface area contributed by atoms with Crippen LogP contribution in [0.5, 0.6) is 0 Å². The minimum Gasteiger partial charge on any atom is -0.385 e. The van der Waals surface area contributed by atoms with Gasteiger partial charge in [-0.15, -0.1) is 0 Å². The molecule has 1 unspecified atom stereocenters. The number of anilines is 1. The summed E-state index contributed by atoms with van der Waals surface area (Å²) >= 11 is 0. The Hall–Kier alpha value is -3.69. The summed E-state index contributed by atoms with van der Waals surface area (Å²) in [6.07, 6.45) is 2.34. The van der Waals surface area contributed by atoms with Crippen LogP contribution in [0.15, 0.2) is 77.8 Å². The number of fused-ring (bicyclic) bond motifs is 1. The number of carbonyl (C=O) groups excluding carboxylic acids is 1. The van der Waals surface area contributed by atoms with E-state index in [1.54, 1.807) is 54.4 Å². The van der Waals surface area contributed by atoms with E-state index in [9.17, 15) is 18.5 Å². The van der Waals surface area contributed by atoms with Crippen LogP contribution in [0.2, 0.25) is 0 Å². The van der Waals surface area contributed by atoms with Crippen molar-refractivity contribution in [2.24, 2.45) is 0 Å². The number of carbonyl (C=O) groups is 1. The second kappa shape index (κ2) is 9.75. The first-order valence-electron chi connectivity index (χ1n) is 11.6. The smallest absolute Gasteiger partial charge is 0.253 e. The fourth-order valence-corrected chi connectivity index (χ4v) is 5.63. The molecule has 1 aliphatic heterocycles. The summed E-state index contributed by atoms with van der Waals surface area (Å²) in [5.74, 6) is -0.722. The predicted octanol–water partition coefficient (Wildman–Crippen LogP) is 4.34. The van der Waals surface area contributed by atoms with Crippen molar-refractivity contribution < 1.29 is 18.5 Å². The van der Waals surface area contributed by atoms with Gasteiger partial charge in [0.2, 0.25) is 5.95 Å². The summed E-state index contributed by atoms with van der Waals surface area (Å²) in [4.78, 5) is 23.5. The number of benzene rings is 2.